The van der Waals surface area contributed by atoms with Crippen molar-refractivity contribution in [2.45, 2.75) is 56.8 Å². The van der Waals surface area contributed by atoms with Gasteiger partial charge >= 0.3 is 0 Å². The van der Waals surface area contributed by atoms with Crippen LogP contribution in [0.3, 0.4) is 0 Å². The molecule has 0 aliphatic heterocycles. The number of rotatable bonds is 3. The van der Waals surface area contributed by atoms with Crippen LogP contribution in [0.5, 0.6) is 5.75 Å². The van der Waals surface area contributed by atoms with Crippen molar-refractivity contribution in [1.82, 2.24) is 9.97 Å². The molecule has 0 unspecified atom stereocenters. The number of nitrogens with zero attached hydrogens (tertiary/aromatic N) is 3. The van der Waals surface area contributed by atoms with Gasteiger partial charge in [0.1, 0.15) is 37.3 Å². The zero-order valence-corrected chi connectivity index (χ0v) is 16.9. The first-order chi connectivity index (χ1) is 13.8. The number of nitrogens with two attached hydrogens (primary N) is 2. The quantitative estimate of drug-likeness (QED) is 0.768. The monoisotopic (exact) mass is 399 g/mol. The molecule has 4 N–H and O–H groups in total. The van der Waals surface area contributed by atoms with Gasteiger partial charge < -0.3 is 21.0 Å². The number of aromatic nitrogens is 2. The van der Waals surface area contributed by atoms with Gasteiger partial charge in [-0.1, -0.05) is 5.16 Å². The number of anilines is 1. The van der Waals surface area contributed by atoms with Crippen LogP contribution in [0.2, 0.25) is 0 Å². The van der Waals surface area contributed by atoms with Crippen LogP contribution < -0.4 is 16.2 Å². The summed E-state index contributed by atoms with van der Waals surface area (Å²) in [6.45, 7) is 4.02. The molecule has 0 saturated heterocycles. The molecular formula is C21H26FN5O2. The normalized spacial score (nSPS) is 26.5. The number of nitrogen functional groups attached to an aromatic ring is 1. The summed E-state index contributed by atoms with van der Waals surface area (Å²) < 4.78 is 20.1. The lowest BCUT2D eigenvalue weighted by molar-refractivity contribution is 0.0897. The summed E-state index contributed by atoms with van der Waals surface area (Å²) in [4.78, 5) is 13.8. The van der Waals surface area contributed by atoms with E-state index in [1.165, 1.54) is 13.4 Å². The molecule has 7 nitrogen and oxygen atoms in total. The van der Waals surface area contributed by atoms with Crippen LogP contribution in [-0.2, 0) is 10.3 Å². The van der Waals surface area contributed by atoms with Crippen LogP contribution in [0.1, 0.15) is 44.2 Å². The molecule has 1 aromatic heterocycles. The number of alkyl halides is 1. The largest absolute Gasteiger partial charge is 0.490 e. The first-order valence-electron chi connectivity index (χ1n) is 9.76. The second-order valence-electron chi connectivity index (χ2n) is 8.17. The van der Waals surface area contributed by atoms with Crippen molar-refractivity contribution in [2.24, 2.45) is 10.9 Å². The Morgan fingerprint density at radius 2 is 2.00 bits per heavy atom. The van der Waals surface area contributed by atoms with E-state index in [4.69, 9.17) is 21.0 Å². The second-order valence-corrected chi connectivity index (χ2v) is 8.17. The number of hydrogen-bond donors (Lipinski definition) is 2. The van der Waals surface area contributed by atoms with Gasteiger partial charge in [-0.3, -0.25) is 0 Å². The summed E-state index contributed by atoms with van der Waals surface area (Å²) >= 11 is 0. The molecule has 1 aromatic carbocycles. The van der Waals surface area contributed by atoms with Gasteiger partial charge in [0.15, 0.2) is 0 Å². The Bertz CT molecular complexity index is 962. The number of fused-ring (bicyclic) bond motifs is 3. The highest BCUT2D eigenvalue weighted by Crippen LogP contribution is 2.45. The molecule has 1 fully saturated rings. The SMILES string of the molecule is CO/N=C1\c2cc(O[C@@H]3CC[C@@H](N)[C@@H](F)C3)ccc2-c2ncnc(N)c2C1(C)C. The summed E-state index contributed by atoms with van der Waals surface area (Å²) in [5, 5.41) is 4.30. The molecule has 154 valence electrons. The molecular weight excluding hydrogens is 373 g/mol. The van der Waals surface area contributed by atoms with E-state index in [-0.39, 0.29) is 6.10 Å². The van der Waals surface area contributed by atoms with E-state index in [0.717, 1.165) is 28.8 Å². The van der Waals surface area contributed by atoms with Crippen LogP contribution in [0, 0.1) is 0 Å². The lowest BCUT2D eigenvalue weighted by atomic mass is 9.70. The summed E-state index contributed by atoms with van der Waals surface area (Å²) in [7, 11) is 1.51. The Balaban J connectivity index is 1.76. The third-order valence-corrected chi connectivity index (χ3v) is 5.85. The van der Waals surface area contributed by atoms with E-state index >= 15 is 0 Å². The molecule has 0 bridgehead atoms. The number of ether oxygens (including phenoxy) is 1. The van der Waals surface area contributed by atoms with Crippen LogP contribution in [0.4, 0.5) is 10.2 Å². The number of oxime groups is 1. The predicted octanol–water partition coefficient (Wildman–Crippen LogP) is 2.96. The molecule has 2 aliphatic carbocycles. The van der Waals surface area contributed by atoms with Gasteiger partial charge in [-0.15, -0.1) is 0 Å². The van der Waals surface area contributed by atoms with Gasteiger partial charge in [0, 0.05) is 34.6 Å². The number of halogens is 1. The summed E-state index contributed by atoms with van der Waals surface area (Å²) in [6.07, 6.45) is 1.87. The highest BCUT2D eigenvalue weighted by molar-refractivity contribution is 6.15. The first kappa shape index (κ1) is 19.6. The minimum atomic E-state index is -1.04. The molecule has 2 aliphatic rings. The highest BCUT2D eigenvalue weighted by atomic mass is 19.1. The summed E-state index contributed by atoms with van der Waals surface area (Å²) in [5.74, 6) is 1.07. The predicted molar refractivity (Wildman–Crippen MR) is 110 cm³/mol. The number of hydrogen-bond acceptors (Lipinski definition) is 7. The van der Waals surface area contributed by atoms with Gasteiger partial charge in [0.05, 0.1) is 11.4 Å². The van der Waals surface area contributed by atoms with E-state index in [0.29, 0.717) is 30.1 Å². The van der Waals surface area contributed by atoms with E-state index in [1.54, 1.807) is 0 Å². The Morgan fingerprint density at radius 1 is 1.21 bits per heavy atom. The van der Waals surface area contributed by atoms with Crippen LogP contribution in [0.15, 0.2) is 29.7 Å². The molecule has 0 spiro atoms. The Morgan fingerprint density at radius 3 is 2.72 bits per heavy atom. The summed E-state index contributed by atoms with van der Waals surface area (Å²) in [5.41, 5.74) is 15.4. The maximum Gasteiger partial charge on any atom is 0.131 e. The molecule has 8 heteroatoms. The molecule has 29 heavy (non-hydrogen) atoms. The fourth-order valence-electron chi connectivity index (χ4n) is 4.33. The van der Waals surface area contributed by atoms with Crippen LogP contribution in [0.25, 0.3) is 11.3 Å². The molecule has 0 amide bonds. The maximum absolute atomic E-state index is 14.0. The van der Waals surface area contributed by atoms with Gasteiger partial charge in [0.25, 0.3) is 0 Å². The molecule has 1 heterocycles. The van der Waals surface area contributed by atoms with Crippen molar-refractivity contribution >= 4 is 11.5 Å². The lowest BCUT2D eigenvalue weighted by Crippen LogP contribution is -2.41. The fraction of sp³-hybridized carbons (Fsp3) is 0.476. The first-order valence-corrected chi connectivity index (χ1v) is 9.76. The molecule has 4 rings (SSSR count). The van der Waals surface area contributed by atoms with E-state index in [9.17, 15) is 4.39 Å². The minimum absolute atomic E-state index is 0.201. The van der Waals surface area contributed by atoms with Crippen molar-refractivity contribution in [2.75, 3.05) is 12.8 Å². The average molecular weight is 399 g/mol. The van der Waals surface area contributed by atoms with Gasteiger partial charge in [-0.25, -0.2) is 14.4 Å². The van der Waals surface area contributed by atoms with Crippen molar-refractivity contribution in [3.8, 4) is 17.0 Å². The van der Waals surface area contributed by atoms with Crippen molar-refractivity contribution in [3.05, 3.63) is 35.7 Å². The van der Waals surface area contributed by atoms with Crippen molar-refractivity contribution in [1.29, 1.82) is 0 Å². The molecule has 2 aromatic rings. The molecule has 1 saturated carbocycles. The third kappa shape index (κ3) is 3.31. The van der Waals surface area contributed by atoms with Crippen LogP contribution in [-0.4, -0.2) is 41.1 Å². The minimum Gasteiger partial charge on any atom is -0.490 e. The molecule has 3 atom stereocenters. The van der Waals surface area contributed by atoms with Gasteiger partial charge in [0.2, 0.25) is 0 Å². The maximum atomic E-state index is 14.0. The Labute approximate surface area is 169 Å². The second kappa shape index (κ2) is 7.26. The van der Waals surface area contributed by atoms with E-state index in [2.05, 4.69) is 15.1 Å². The third-order valence-electron chi connectivity index (χ3n) is 5.85. The average Bonchev–Trinajstić information content (AvgIpc) is 2.68. The standard InChI is InChI=1S/C21H26FN5O2/c1-21(2)17-18(25-10-26-20(17)24)13-6-4-11(8-14(13)19(21)27-28-3)29-12-5-7-16(23)15(22)9-12/h4,6,8,10,12,15-16H,5,7,9,23H2,1-3H3,(H2,24,25,26)/b27-19+/t12-,15+,16-/m1/s1. The van der Waals surface area contributed by atoms with Crippen molar-refractivity contribution < 1.29 is 14.0 Å². The number of benzene rings is 1. The van der Waals surface area contributed by atoms with Crippen molar-refractivity contribution in [3.63, 3.8) is 0 Å². The fourth-order valence-corrected chi connectivity index (χ4v) is 4.33. The lowest BCUT2D eigenvalue weighted by Gasteiger charge is -2.35. The highest BCUT2D eigenvalue weighted by Gasteiger charge is 2.41. The Hall–Kier alpha value is -2.74. The zero-order chi connectivity index (χ0) is 20.8. The topological polar surface area (TPSA) is 109 Å². The van der Waals surface area contributed by atoms with Gasteiger partial charge in [-0.05, 0) is 44.9 Å². The van der Waals surface area contributed by atoms with Gasteiger partial charge in [-0.2, -0.15) is 0 Å². The van der Waals surface area contributed by atoms with E-state index in [1.807, 2.05) is 32.0 Å². The van der Waals surface area contributed by atoms with Crippen LogP contribution >= 0.6 is 0 Å². The zero-order valence-electron chi connectivity index (χ0n) is 16.9. The Kier molecular flexibility index (Phi) is 4.90. The summed E-state index contributed by atoms with van der Waals surface area (Å²) in [6, 6.07) is 5.31. The molecule has 0 radical (unpaired) electrons. The van der Waals surface area contributed by atoms with E-state index < -0.39 is 17.6 Å². The smallest absolute Gasteiger partial charge is 0.131 e.